The van der Waals surface area contributed by atoms with Crippen molar-refractivity contribution in [2.75, 3.05) is 11.1 Å². The number of nitrogens with one attached hydrogen (secondary N) is 1. The first-order chi connectivity index (χ1) is 14.6. The molecule has 4 aromatic rings. The molecular formula is C20H21N9S. The van der Waals surface area contributed by atoms with Crippen LogP contribution in [0.25, 0.3) is 11.4 Å². The summed E-state index contributed by atoms with van der Waals surface area (Å²) in [7, 11) is 1.93. The summed E-state index contributed by atoms with van der Waals surface area (Å²) in [6.45, 7) is 2.10. The summed E-state index contributed by atoms with van der Waals surface area (Å²) in [5.41, 5.74) is 9.00. The average Bonchev–Trinajstić information content (AvgIpc) is 3.13. The number of hydrogen-bond donors (Lipinski definition) is 2. The van der Waals surface area contributed by atoms with Crippen molar-refractivity contribution in [3.63, 3.8) is 0 Å². The van der Waals surface area contributed by atoms with E-state index < -0.39 is 0 Å². The minimum atomic E-state index is 0.174. The largest absolute Gasteiger partial charge is 0.368 e. The molecule has 0 aliphatic carbocycles. The Morgan fingerprint density at radius 3 is 2.63 bits per heavy atom. The van der Waals surface area contributed by atoms with E-state index in [1.54, 1.807) is 12.4 Å². The second-order valence-electron chi connectivity index (χ2n) is 6.46. The smallest absolute Gasteiger partial charge is 0.232 e. The van der Waals surface area contributed by atoms with Crippen molar-refractivity contribution in [1.82, 2.24) is 34.7 Å². The molecule has 10 heteroatoms. The van der Waals surface area contributed by atoms with Crippen LogP contribution in [0.3, 0.4) is 0 Å². The molecular weight excluding hydrogens is 398 g/mol. The van der Waals surface area contributed by atoms with E-state index in [1.807, 2.05) is 41.9 Å². The topological polar surface area (TPSA) is 120 Å². The molecule has 30 heavy (non-hydrogen) atoms. The van der Waals surface area contributed by atoms with Gasteiger partial charge in [0.05, 0.1) is 5.75 Å². The van der Waals surface area contributed by atoms with Crippen LogP contribution in [0.15, 0.2) is 53.9 Å². The third-order valence-electron chi connectivity index (χ3n) is 4.45. The van der Waals surface area contributed by atoms with Crippen molar-refractivity contribution < 1.29 is 0 Å². The molecule has 9 nitrogen and oxygen atoms in total. The molecule has 0 aliphatic heterocycles. The van der Waals surface area contributed by atoms with E-state index in [0.717, 1.165) is 28.7 Å². The predicted octanol–water partition coefficient (Wildman–Crippen LogP) is 3.24. The number of hydrogen-bond acceptors (Lipinski definition) is 9. The van der Waals surface area contributed by atoms with Gasteiger partial charge < -0.3 is 15.6 Å². The SMILES string of the molecule is CCc1ccccc1Nc1nc(N)nc(CSc2nnc(-c3ccncc3)n2C)n1. The van der Waals surface area contributed by atoms with Gasteiger partial charge in [-0.05, 0) is 30.2 Å². The molecule has 0 fully saturated rings. The van der Waals surface area contributed by atoms with Gasteiger partial charge in [-0.15, -0.1) is 10.2 Å². The summed E-state index contributed by atoms with van der Waals surface area (Å²) < 4.78 is 1.93. The molecule has 3 heterocycles. The van der Waals surface area contributed by atoms with Crippen LogP contribution in [0, 0.1) is 0 Å². The highest BCUT2D eigenvalue weighted by Crippen LogP contribution is 2.25. The van der Waals surface area contributed by atoms with Crippen LogP contribution in [0.2, 0.25) is 0 Å². The molecule has 0 aliphatic rings. The number of benzene rings is 1. The van der Waals surface area contributed by atoms with Crippen LogP contribution in [-0.2, 0) is 19.2 Å². The summed E-state index contributed by atoms with van der Waals surface area (Å²) in [6, 6.07) is 11.8. The molecule has 0 spiro atoms. The predicted molar refractivity (Wildman–Crippen MR) is 117 cm³/mol. The van der Waals surface area contributed by atoms with Gasteiger partial charge in [0.25, 0.3) is 0 Å². The highest BCUT2D eigenvalue weighted by molar-refractivity contribution is 7.98. The Morgan fingerprint density at radius 2 is 1.83 bits per heavy atom. The number of nitrogen functional groups attached to an aromatic ring is 1. The molecule has 152 valence electrons. The molecule has 0 amide bonds. The van der Waals surface area contributed by atoms with E-state index in [9.17, 15) is 0 Å². The second kappa shape index (κ2) is 8.87. The maximum Gasteiger partial charge on any atom is 0.232 e. The van der Waals surface area contributed by atoms with Gasteiger partial charge in [-0.25, -0.2) is 0 Å². The van der Waals surface area contributed by atoms with Gasteiger partial charge in [0.2, 0.25) is 11.9 Å². The highest BCUT2D eigenvalue weighted by atomic mass is 32.2. The van der Waals surface area contributed by atoms with Gasteiger partial charge in [-0.2, -0.15) is 15.0 Å². The summed E-state index contributed by atoms with van der Waals surface area (Å²) in [5.74, 6) is 2.42. The Hall–Kier alpha value is -3.53. The van der Waals surface area contributed by atoms with E-state index in [2.05, 4.69) is 48.4 Å². The molecule has 0 radical (unpaired) electrons. The Kier molecular flexibility index (Phi) is 5.84. The summed E-state index contributed by atoms with van der Waals surface area (Å²) in [5, 5.41) is 12.6. The Bertz CT molecular complexity index is 1140. The Labute approximate surface area is 178 Å². The normalized spacial score (nSPS) is 10.9. The standard InChI is InChI=1S/C20H21N9S/c1-3-13-6-4-5-7-15(13)23-19-25-16(24-18(21)26-19)12-30-20-28-27-17(29(20)2)14-8-10-22-11-9-14/h4-11H,3,12H2,1-2H3,(H3,21,23,24,25,26). The van der Waals surface area contributed by atoms with Gasteiger partial charge in [0.15, 0.2) is 11.0 Å². The maximum atomic E-state index is 5.91. The molecule has 0 unspecified atom stereocenters. The number of nitrogens with two attached hydrogens (primary N) is 1. The molecule has 3 aromatic heterocycles. The first-order valence-electron chi connectivity index (χ1n) is 9.42. The van der Waals surface area contributed by atoms with Crippen molar-refractivity contribution in [2.24, 2.45) is 7.05 Å². The van der Waals surface area contributed by atoms with Crippen LogP contribution < -0.4 is 11.1 Å². The summed E-state index contributed by atoms with van der Waals surface area (Å²) in [4.78, 5) is 17.0. The Morgan fingerprint density at radius 1 is 1.03 bits per heavy atom. The van der Waals surface area contributed by atoms with Gasteiger partial charge in [0.1, 0.15) is 5.82 Å². The number of nitrogens with zero attached hydrogens (tertiary/aromatic N) is 7. The molecule has 1 aromatic carbocycles. The first kappa shape index (κ1) is 19.8. The number of aryl methyl sites for hydroxylation is 1. The average molecular weight is 420 g/mol. The van der Waals surface area contributed by atoms with Crippen molar-refractivity contribution in [2.45, 2.75) is 24.3 Å². The van der Waals surface area contributed by atoms with E-state index in [-0.39, 0.29) is 5.95 Å². The van der Waals surface area contributed by atoms with E-state index >= 15 is 0 Å². The monoisotopic (exact) mass is 419 g/mol. The molecule has 0 atom stereocenters. The Balaban J connectivity index is 1.50. The first-order valence-corrected chi connectivity index (χ1v) is 10.4. The minimum Gasteiger partial charge on any atom is -0.368 e. The molecule has 3 N–H and O–H groups in total. The van der Waals surface area contributed by atoms with E-state index in [0.29, 0.717) is 17.5 Å². The van der Waals surface area contributed by atoms with Crippen molar-refractivity contribution >= 4 is 29.3 Å². The zero-order valence-electron chi connectivity index (χ0n) is 16.6. The lowest BCUT2D eigenvalue weighted by Crippen LogP contribution is -2.07. The van der Waals surface area contributed by atoms with Gasteiger partial charge >= 0.3 is 0 Å². The van der Waals surface area contributed by atoms with Gasteiger partial charge in [-0.3, -0.25) is 4.98 Å². The lowest BCUT2D eigenvalue weighted by molar-refractivity contribution is 0.792. The zero-order chi connectivity index (χ0) is 20.9. The minimum absolute atomic E-state index is 0.174. The van der Waals surface area contributed by atoms with Crippen LogP contribution in [-0.4, -0.2) is 34.7 Å². The van der Waals surface area contributed by atoms with Crippen LogP contribution in [0.5, 0.6) is 0 Å². The van der Waals surface area contributed by atoms with E-state index in [1.165, 1.54) is 17.3 Å². The maximum absolute atomic E-state index is 5.91. The van der Waals surface area contributed by atoms with Gasteiger partial charge in [-0.1, -0.05) is 36.9 Å². The third kappa shape index (κ3) is 4.38. The fourth-order valence-corrected chi connectivity index (χ4v) is 3.72. The van der Waals surface area contributed by atoms with E-state index in [4.69, 9.17) is 5.73 Å². The molecule has 0 saturated carbocycles. The van der Waals surface area contributed by atoms with Crippen LogP contribution in [0.4, 0.5) is 17.6 Å². The lowest BCUT2D eigenvalue weighted by Gasteiger charge is -2.10. The van der Waals surface area contributed by atoms with Crippen molar-refractivity contribution in [1.29, 1.82) is 0 Å². The van der Waals surface area contributed by atoms with Crippen molar-refractivity contribution in [3.8, 4) is 11.4 Å². The number of rotatable bonds is 7. The third-order valence-corrected chi connectivity index (χ3v) is 5.46. The van der Waals surface area contributed by atoms with Crippen LogP contribution in [0.1, 0.15) is 18.3 Å². The molecule has 0 saturated heterocycles. The number of para-hydroxylation sites is 1. The number of aromatic nitrogens is 7. The van der Waals surface area contributed by atoms with Gasteiger partial charge in [0, 0.05) is 30.7 Å². The lowest BCUT2D eigenvalue weighted by atomic mass is 10.1. The molecule has 0 bridgehead atoms. The number of pyridine rings is 1. The fourth-order valence-electron chi connectivity index (χ4n) is 2.95. The number of anilines is 3. The summed E-state index contributed by atoms with van der Waals surface area (Å²) >= 11 is 1.48. The molecule has 4 rings (SSSR count). The van der Waals surface area contributed by atoms with Crippen molar-refractivity contribution in [3.05, 3.63) is 60.2 Å². The highest BCUT2D eigenvalue weighted by Gasteiger charge is 2.13. The quantitative estimate of drug-likeness (QED) is 0.435. The zero-order valence-corrected chi connectivity index (χ0v) is 17.5. The second-order valence-corrected chi connectivity index (χ2v) is 7.40. The number of thioether (sulfide) groups is 1. The summed E-state index contributed by atoms with van der Waals surface area (Å²) in [6.07, 6.45) is 4.36. The van der Waals surface area contributed by atoms with Crippen LogP contribution >= 0.6 is 11.8 Å². The fraction of sp³-hybridized carbons (Fsp3) is 0.200.